The first-order valence-electron chi connectivity index (χ1n) is 6.07. The topological polar surface area (TPSA) is 53.1 Å². The van der Waals surface area contributed by atoms with E-state index >= 15 is 0 Å². The summed E-state index contributed by atoms with van der Waals surface area (Å²) in [6.45, 7) is 4.02. The van der Waals surface area contributed by atoms with Crippen molar-refractivity contribution in [3.8, 4) is 5.75 Å². The molecule has 4 heteroatoms. The molecule has 0 bridgehead atoms. The number of nitrogens with zero attached hydrogens (tertiary/aromatic N) is 2. The lowest BCUT2D eigenvalue weighted by molar-refractivity contribution is 0.242. The number of hydrogen-bond donors (Lipinski definition) is 1. The fourth-order valence-electron chi connectivity index (χ4n) is 1.85. The Labute approximate surface area is 107 Å². The second-order valence-electron chi connectivity index (χ2n) is 4.66. The maximum absolute atomic E-state index is 6.22. The molecular weight excluding hydrogens is 226 g/mol. The molecule has 1 heterocycles. The minimum absolute atomic E-state index is 0.162. The van der Waals surface area contributed by atoms with Crippen LogP contribution in [0, 0.1) is 0 Å². The van der Waals surface area contributed by atoms with Crippen LogP contribution in [0.1, 0.15) is 31.0 Å². The zero-order chi connectivity index (χ0) is 13.1. The molecule has 2 aromatic rings. The van der Waals surface area contributed by atoms with Crippen molar-refractivity contribution < 1.29 is 4.74 Å². The van der Waals surface area contributed by atoms with Crippen LogP contribution in [0.2, 0.25) is 0 Å². The Balaban J connectivity index is 2.22. The van der Waals surface area contributed by atoms with Gasteiger partial charge in [-0.15, -0.1) is 0 Å². The third kappa shape index (κ3) is 2.90. The molecule has 0 aliphatic rings. The largest absolute Gasteiger partial charge is 0.491 e. The molecule has 0 saturated heterocycles. The number of ether oxygens (including phenoxy) is 1. The zero-order valence-corrected chi connectivity index (χ0v) is 11.0. The van der Waals surface area contributed by atoms with Gasteiger partial charge in [-0.2, -0.15) is 5.10 Å². The number of aromatic nitrogens is 2. The highest BCUT2D eigenvalue weighted by molar-refractivity contribution is 5.35. The van der Waals surface area contributed by atoms with Crippen LogP contribution in [-0.4, -0.2) is 15.9 Å². The Bertz CT molecular complexity index is 519. The van der Waals surface area contributed by atoms with Crippen molar-refractivity contribution in [2.45, 2.75) is 26.0 Å². The van der Waals surface area contributed by atoms with Crippen LogP contribution in [0.3, 0.4) is 0 Å². The molecule has 2 rings (SSSR count). The summed E-state index contributed by atoms with van der Waals surface area (Å²) in [4.78, 5) is 0. The number of aryl methyl sites for hydroxylation is 1. The highest BCUT2D eigenvalue weighted by Crippen LogP contribution is 2.23. The summed E-state index contributed by atoms with van der Waals surface area (Å²) < 4.78 is 7.42. The number of benzene rings is 1. The molecule has 18 heavy (non-hydrogen) atoms. The van der Waals surface area contributed by atoms with Gasteiger partial charge in [0.25, 0.3) is 0 Å². The lowest BCUT2D eigenvalue weighted by atomic mass is 10.0. The van der Waals surface area contributed by atoms with E-state index in [9.17, 15) is 0 Å². The molecular formula is C14H19N3O. The number of hydrogen-bond acceptors (Lipinski definition) is 3. The van der Waals surface area contributed by atoms with E-state index in [1.54, 1.807) is 10.9 Å². The van der Waals surface area contributed by atoms with Gasteiger partial charge in [-0.05, 0) is 31.5 Å². The van der Waals surface area contributed by atoms with E-state index < -0.39 is 0 Å². The van der Waals surface area contributed by atoms with Crippen molar-refractivity contribution in [3.63, 3.8) is 0 Å². The molecule has 0 amide bonds. The molecule has 0 fully saturated rings. The quantitative estimate of drug-likeness (QED) is 0.899. The van der Waals surface area contributed by atoms with Gasteiger partial charge in [-0.25, -0.2) is 0 Å². The molecule has 0 aliphatic carbocycles. The Kier molecular flexibility index (Phi) is 3.67. The van der Waals surface area contributed by atoms with Crippen molar-refractivity contribution >= 4 is 0 Å². The molecule has 0 aliphatic heterocycles. The van der Waals surface area contributed by atoms with Crippen LogP contribution in [-0.2, 0) is 7.05 Å². The Morgan fingerprint density at radius 2 is 2.06 bits per heavy atom. The lowest BCUT2D eigenvalue weighted by Gasteiger charge is -2.14. The van der Waals surface area contributed by atoms with Crippen molar-refractivity contribution in [1.29, 1.82) is 0 Å². The zero-order valence-electron chi connectivity index (χ0n) is 11.0. The third-order valence-corrected chi connectivity index (χ3v) is 2.67. The highest BCUT2D eigenvalue weighted by atomic mass is 16.5. The molecule has 0 spiro atoms. The molecule has 2 N–H and O–H groups in total. The summed E-state index contributed by atoms with van der Waals surface area (Å²) in [5.41, 5.74) is 8.25. The van der Waals surface area contributed by atoms with Gasteiger partial charge < -0.3 is 10.5 Å². The van der Waals surface area contributed by atoms with Gasteiger partial charge in [0.05, 0.1) is 18.3 Å². The Hall–Kier alpha value is -1.81. The molecule has 0 saturated carbocycles. The highest BCUT2D eigenvalue weighted by Gasteiger charge is 2.11. The van der Waals surface area contributed by atoms with E-state index in [4.69, 9.17) is 10.5 Å². The van der Waals surface area contributed by atoms with Gasteiger partial charge in [-0.1, -0.05) is 12.1 Å². The van der Waals surface area contributed by atoms with Crippen LogP contribution >= 0.6 is 0 Å². The third-order valence-electron chi connectivity index (χ3n) is 2.67. The van der Waals surface area contributed by atoms with Crippen LogP contribution in [0.4, 0.5) is 0 Å². The number of nitrogens with two attached hydrogens (primary N) is 1. The first-order valence-corrected chi connectivity index (χ1v) is 6.07. The van der Waals surface area contributed by atoms with Crippen molar-refractivity contribution in [3.05, 3.63) is 47.8 Å². The monoisotopic (exact) mass is 245 g/mol. The Morgan fingerprint density at radius 3 is 2.67 bits per heavy atom. The summed E-state index contributed by atoms with van der Waals surface area (Å²) in [5.74, 6) is 0.849. The molecule has 0 radical (unpaired) electrons. The SMILES string of the molecule is CC(C)Oc1cccc(C(N)c2cnn(C)c2)c1. The van der Waals surface area contributed by atoms with Crippen molar-refractivity contribution in [2.24, 2.45) is 12.8 Å². The van der Waals surface area contributed by atoms with Crippen LogP contribution in [0.15, 0.2) is 36.7 Å². The maximum atomic E-state index is 6.22. The van der Waals surface area contributed by atoms with Crippen molar-refractivity contribution in [2.75, 3.05) is 0 Å². The predicted octanol–water partition coefficient (Wildman–Crippen LogP) is 2.26. The van der Waals surface area contributed by atoms with Gasteiger partial charge in [0, 0.05) is 18.8 Å². The normalized spacial score (nSPS) is 12.7. The molecule has 1 aromatic heterocycles. The molecule has 4 nitrogen and oxygen atoms in total. The molecule has 1 aromatic carbocycles. The van der Waals surface area contributed by atoms with Gasteiger partial charge in [0.2, 0.25) is 0 Å². The molecule has 96 valence electrons. The Morgan fingerprint density at radius 1 is 1.28 bits per heavy atom. The molecule has 1 unspecified atom stereocenters. The summed E-state index contributed by atoms with van der Waals surface area (Å²) in [6, 6.07) is 7.72. The minimum atomic E-state index is -0.172. The fourth-order valence-corrected chi connectivity index (χ4v) is 1.85. The fraction of sp³-hybridized carbons (Fsp3) is 0.357. The van der Waals surface area contributed by atoms with Crippen LogP contribution in [0.25, 0.3) is 0 Å². The van der Waals surface area contributed by atoms with Gasteiger partial charge in [0.1, 0.15) is 5.75 Å². The van der Waals surface area contributed by atoms with Crippen LogP contribution < -0.4 is 10.5 Å². The average Bonchev–Trinajstić information content (AvgIpc) is 2.74. The van der Waals surface area contributed by atoms with E-state index in [2.05, 4.69) is 5.10 Å². The lowest BCUT2D eigenvalue weighted by Crippen LogP contribution is -2.12. The van der Waals surface area contributed by atoms with E-state index in [-0.39, 0.29) is 12.1 Å². The van der Waals surface area contributed by atoms with E-state index in [0.717, 1.165) is 16.9 Å². The second kappa shape index (κ2) is 5.23. The van der Waals surface area contributed by atoms with Crippen LogP contribution in [0.5, 0.6) is 5.75 Å². The summed E-state index contributed by atoms with van der Waals surface area (Å²) in [5, 5.41) is 4.14. The van der Waals surface area contributed by atoms with Gasteiger partial charge in [-0.3, -0.25) is 4.68 Å². The molecule has 1 atom stereocenters. The average molecular weight is 245 g/mol. The second-order valence-corrected chi connectivity index (χ2v) is 4.66. The number of rotatable bonds is 4. The van der Waals surface area contributed by atoms with E-state index in [0.29, 0.717) is 0 Å². The summed E-state index contributed by atoms with van der Waals surface area (Å²) in [6.07, 6.45) is 3.89. The summed E-state index contributed by atoms with van der Waals surface area (Å²) in [7, 11) is 1.88. The minimum Gasteiger partial charge on any atom is -0.491 e. The smallest absolute Gasteiger partial charge is 0.120 e. The first-order chi connectivity index (χ1) is 8.56. The van der Waals surface area contributed by atoms with E-state index in [1.807, 2.05) is 51.4 Å². The van der Waals surface area contributed by atoms with Gasteiger partial charge >= 0.3 is 0 Å². The summed E-state index contributed by atoms with van der Waals surface area (Å²) >= 11 is 0. The van der Waals surface area contributed by atoms with Gasteiger partial charge in [0.15, 0.2) is 0 Å². The van der Waals surface area contributed by atoms with E-state index in [1.165, 1.54) is 0 Å². The standard InChI is InChI=1S/C14H19N3O/c1-10(2)18-13-6-4-5-11(7-13)14(15)12-8-16-17(3)9-12/h4-10,14H,15H2,1-3H3. The predicted molar refractivity (Wildman–Crippen MR) is 71.4 cm³/mol. The maximum Gasteiger partial charge on any atom is 0.120 e. The first kappa shape index (κ1) is 12.6. The van der Waals surface area contributed by atoms with Crippen molar-refractivity contribution in [1.82, 2.24) is 9.78 Å².